The lowest BCUT2D eigenvalue weighted by atomic mass is 10.2. The van der Waals surface area contributed by atoms with Crippen LogP contribution in [0.15, 0.2) is 24.3 Å². The zero-order chi connectivity index (χ0) is 23.4. The molecule has 5 nitrogen and oxygen atoms in total. The highest BCUT2D eigenvalue weighted by Gasteiger charge is 2.39. The predicted molar refractivity (Wildman–Crippen MR) is 130 cm³/mol. The highest BCUT2D eigenvalue weighted by atomic mass is 28.4. The van der Waals surface area contributed by atoms with Crippen LogP contribution in [0.4, 0.5) is 0 Å². The van der Waals surface area contributed by atoms with E-state index in [9.17, 15) is 4.79 Å². The molecule has 1 rings (SSSR count). The molecule has 0 aliphatic carbocycles. The maximum Gasteiger partial charge on any atom is 0.325 e. The van der Waals surface area contributed by atoms with Crippen LogP contribution < -0.4 is 9.74 Å². The SMILES string of the molecule is COC(=O)C(CO[Si](C)(C)C(C)(C)C)NCc1cccc(O[Si](C)(C)C(C)(C)C)c1. The van der Waals surface area contributed by atoms with E-state index >= 15 is 0 Å². The summed E-state index contributed by atoms with van der Waals surface area (Å²) in [6.45, 7) is 22.9. The number of methoxy groups -OCH3 is 1. The molecule has 0 spiro atoms. The van der Waals surface area contributed by atoms with E-state index in [1.807, 2.05) is 18.2 Å². The summed E-state index contributed by atoms with van der Waals surface area (Å²) in [5.74, 6) is 0.579. The van der Waals surface area contributed by atoms with Crippen molar-refractivity contribution in [3.63, 3.8) is 0 Å². The first-order valence-corrected chi connectivity index (χ1v) is 16.5. The summed E-state index contributed by atoms with van der Waals surface area (Å²) in [5.41, 5.74) is 1.06. The molecule has 0 amide bonds. The summed E-state index contributed by atoms with van der Waals surface area (Å²) in [4.78, 5) is 12.3. The highest BCUT2D eigenvalue weighted by molar-refractivity contribution is 6.75. The van der Waals surface area contributed by atoms with E-state index in [2.05, 4.69) is 79.1 Å². The summed E-state index contributed by atoms with van der Waals surface area (Å²) in [7, 11) is -2.44. The molecule has 172 valence electrons. The zero-order valence-corrected chi connectivity index (χ0v) is 22.9. The summed E-state index contributed by atoms with van der Waals surface area (Å²) >= 11 is 0. The molecular weight excluding hydrogens is 410 g/mol. The van der Waals surface area contributed by atoms with Crippen molar-refractivity contribution in [2.24, 2.45) is 0 Å². The Morgan fingerprint density at radius 3 is 2.07 bits per heavy atom. The Labute approximate surface area is 186 Å². The molecule has 1 N–H and O–H groups in total. The molecule has 0 aliphatic heterocycles. The van der Waals surface area contributed by atoms with E-state index in [0.29, 0.717) is 13.2 Å². The van der Waals surface area contributed by atoms with Crippen LogP contribution in [0.25, 0.3) is 0 Å². The fourth-order valence-electron chi connectivity index (χ4n) is 2.27. The molecule has 0 heterocycles. The van der Waals surface area contributed by atoms with Crippen LogP contribution in [0.3, 0.4) is 0 Å². The monoisotopic (exact) mass is 453 g/mol. The van der Waals surface area contributed by atoms with Crippen LogP contribution in [0.1, 0.15) is 47.1 Å². The number of carbonyl (C=O) groups is 1. The van der Waals surface area contributed by atoms with Crippen LogP contribution in [-0.2, 0) is 20.5 Å². The van der Waals surface area contributed by atoms with Gasteiger partial charge < -0.3 is 13.6 Å². The van der Waals surface area contributed by atoms with Gasteiger partial charge in [0, 0.05) is 6.54 Å². The topological polar surface area (TPSA) is 56.8 Å². The lowest BCUT2D eigenvalue weighted by molar-refractivity contribution is -0.144. The van der Waals surface area contributed by atoms with Gasteiger partial charge in [-0.3, -0.25) is 10.1 Å². The van der Waals surface area contributed by atoms with E-state index < -0.39 is 22.7 Å². The van der Waals surface area contributed by atoms with Crippen molar-refractivity contribution < 1.29 is 18.4 Å². The Morgan fingerprint density at radius 2 is 1.57 bits per heavy atom. The second-order valence-corrected chi connectivity index (χ2v) is 20.6. The normalized spacial score (nSPS) is 14.4. The molecule has 0 fully saturated rings. The van der Waals surface area contributed by atoms with E-state index in [4.69, 9.17) is 13.6 Å². The molecule has 0 aliphatic rings. The van der Waals surface area contributed by atoms with Crippen molar-refractivity contribution in [2.45, 2.75) is 90.4 Å². The molecule has 1 atom stereocenters. The van der Waals surface area contributed by atoms with Gasteiger partial charge in [-0.2, -0.15) is 0 Å². The van der Waals surface area contributed by atoms with Gasteiger partial charge in [-0.25, -0.2) is 0 Å². The molecule has 0 saturated heterocycles. The number of rotatable bonds is 9. The molecule has 0 saturated carbocycles. The number of hydrogen-bond donors (Lipinski definition) is 1. The average molecular weight is 454 g/mol. The lowest BCUT2D eigenvalue weighted by Crippen LogP contribution is -2.48. The van der Waals surface area contributed by atoms with Gasteiger partial charge in [0.15, 0.2) is 8.32 Å². The molecule has 0 aromatic heterocycles. The Balaban J connectivity index is 2.84. The standard InChI is InChI=1S/C23H43NO4Si2/c1-22(2,3)29(8,9)27-17-20(21(25)26-7)24-16-18-13-12-14-19(15-18)28-30(10,11)23(4,5)6/h12-15,20,24H,16-17H2,1-11H3. The quantitative estimate of drug-likeness (QED) is 0.382. The first-order valence-electron chi connectivity index (χ1n) is 10.7. The minimum Gasteiger partial charge on any atom is -0.543 e. The van der Waals surface area contributed by atoms with Gasteiger partial charge in [-0.15, -0.1) is 0 Å². The number of carbonyl (C=O) groups excluding carboxylic acids is 1. The summed E-state index contributed by atoms with van der Waals surface area (Å²) < 4.78 is 17.7. The average Bonchev–Trinajstić information content (AvgIpc) is 2.59. The smallest absolute Gasteiger partial charge is 0.325 e. The van der Waals surface area contributed by atoms with E-state index in [1.54, 1.807) is 0 Å². The van der Waals surface area contributed by atoms with E-state index in [1.165, 1.54) is 7.11 Å². The summed E-state index contributed by atoms with van der Waals surface area (Å²) in [6.07, 6.45) is 0. The van der Waals surface area contributed by atoms with Crippen molar-refractivity contribution in [1.29, 1.82) is 0 Å². The number of ether oxygens (including phenoxy) is 1. The van der Waals surface area contributed by atoms with Crippen LogP contribution in [-0.4, -0.2) is 42.4 Å². The van der Waals surface area contributed by atoms with Crippen LogP contribution >= 0.6 is 0 Å². The maximum absolute atomic E-state index is 12.3. The number of nitrogens with one attached hydrogen (secondary N) is 1. The highest BCUT2D eigenvalue weighted by Crippen LogP contribution is 2.38. The van der Waals surface area contributed by atoms with Crippen molar-refractivity contribution in [2.75, 3.05) is 13.7 Å². The van der Waals surface area contributed by atoms with Gasteiger partial charge in [-0.05, 0) is 54.0 Å². The van der Waals surface area contributed by atoms with E-state index in [-0.39, 0.29) is 16.0 Å². The Bertz CT molecular complexity index is 706. The molecular formula is C23H43NO4Si2. The fraction of sp³-hybridized carbons (Fsp3) is 0.696. The van der Waals surface area contributed by atoms with Crippen molar-refractivity contribution in [3.8, 4) is 5.75 Å². The van der Waals surface area contributed by atoms with Crippen LogP contribution in [0.5, 0.6) is 5.75 Å². The molecule has 7 heteroatoms. The lowest BCUT2D eigenvalue weighted by Gasteiger charge is -2.37. The maximum atomic E-state index is 12.3. The minimum atomic E-state index is -1.95. The third kappa shape index (κ3) is 7.52. The van der Waals surface area contributed by atoms with Gasteiger partial charge >= 0.3 is 5.97 Å². The van der Waals surface area contributed by atoms with Gasteiger partial charge in [0.25, 0.3) is 0 Å². The third-order valence-electron chi connectivity index (χ3n) is 6.53. The number of esters is 1. The predicted octanol–water partition coefficient (Wildman–Crippen LogP) is 5.72. The van der Waals surface area contributed by atoms with Crippen molar-refractivity contribution in [3.05, 3.63) is 29.8 Å². The third-order valence-corrected chi connectivity index (χ3v) is 15.4. The fourth-order valence-corrected chi connectivity index (χ4v) is 4.31. The Kier molecular flexibility index (Phi) is 8.94. The van der Waals surface area contributed by atoms with Crippen molar-refractivity contribution >= 4 is 22.6 Å². The first kappa shape index (κ1) is 26.9. The van der Waals surface area contributed by atoms with Gasteiger partial charge in [0.2, 0.25) is 8.32 Å². The minimum absolute atomic E-state index is 0.0864. The molecule has 1 aromatic rings. The molecule has 1 aromatic carbocycles. The number of benzene rings is 1. The van der Waals surface area contributed by atoms with Crippen LogP contribution in [0, 0.1) is 0 Å². The van der Waals surface area contributed by atoms with Crippen LogP contribution in [0.2, 0.25) is 36.3 Å². The van der Waals surface area contributed by atoms with E-state index in [0.717, 1.165) is 11.3 Å². The molecule has 1 unspecified atom stereocenters. The second-order valence-electron chi connectivity index (χ2n) is 11.0. The Morgan fingerprint density at radius 1 is 1.00 bits per heavy atom. The summed E-state index contributed by atoms with van der Waals surface area (Å²) in [6, 6.07) is 7.58. The van der Waals surface area contributed by atoms with Crippen molar-refractivity contribution in [1.82, 2.24) is 5.32 Å². The number of hydrogen-bond acceptors (Lipinski definition) is 5. The summed E-state index contributed by atoms with van der Waals surface area (Å²) in [5, 5.41) is 3.53. The molecule has 30 heavy (non-hydrogen) atoms. The largest absolute Gasteiger partial charge is 0.543 e. The molecule has 0 bridgehead atoms. The first-order chi connectivity index (χ1) is 13.5. The second kappa shape index (κ2) is 9.98. The zero-order valence-electron chi connectivity index (χ0n) is 20.9. The molecule has 0 radical (unpaired) electrons. The van der Waals surface area contributed by atoms with Gasteiger partial charge in [0.1, 0.15) is 11.8 Å². The van der Waals surface area contributed by atoms with Gasteiger partial charge in [-0.1, -0.05) is 53.7 Å². The van der Waals surface area contributed by atoms with Gasteiger partial charge in [0.05, 0.1) is 13.7 Å². The Hall–Kier alpha value is -1.16.